The normalized spacial score (nSPS) is 9.86. The van der Waals surface area contributed by atoms with Gasteiger partial charge in [0.2, 0.25) is 0 Å². The highest BCUT2D eigenvalue weighted by atomic mass is 32.1. The van der Waals surface area contributed by atoms with E-state index in [0.29, 0.717) is 5.56 Å². The van der Waals surface area contributed by atoms with Crippen molar-refractivity contribution >= 4 is 22.9 Å². The van der Waals surface area contributed by atoms with E-state index in [0.717, 1.165) is 18.7 Å². The predicted molar refractivity (Wildman–Crippen MR) is 61.1 cm³/mol. The third-order valence-electron chi connectivity index (χ3n) is 1.81. The maximum absolute atomic E-state index is 13.3. The van der Waals surface area contributed by atoms with Crippen molar-refractivity contribution in [1.29, 1.82) is 0 Å². The second-order valence-corrected chi connectivity index (χ2v) is 3.43. The summed E-state index contributed by atoms with van der Waals surface area (Å²) in [5, 5.41) is 3.08. The van der Waals surface area contributed by atoms with Crippen molar-refractivity contribution in [2.24, 2.45) is 5.73 Å². The fourth-order valence-corrected chi connectivity index (χ4v) is 1.26. The minimum atomic E-state index is -0.376. The summed E-state index contributed by atoms with van der Waals surface area (Å²) in [4.78, 5) is 0.0875. The van der Waals surface area contributed by atoms with Crippen molar-refractivity contribution < 1.29 is 4.39 Å². The van der Waals surface area contributed by atoms with E-state index in [-0.39, 0.29) is 10.8 Å². The third-order valence-corrected chi connectivity index (χ3v) is 2.03. The van der Waals surface area contributed by atoms with Gasteiger partial charge in [0.05, 0.1) is 0 Å². The maximum Gasteiger partial charge on any atom is 0.135 e. The summed E-state index contributed by atoms with van der Waals surface area (Å²) in [6.45, 7) is 2.87. The molecule has 1 aromatic rings. The van der Waals surface area contributed by atoms with Crippen LogP contribution < -0.4 is 11.1 Å². The first-order valence-corrected chi connectivity index (χ1v) is 4.89. The summed E-state index contributed by atoms with van der Waals surface area (Å²) in [7, 11) is 0. The molecule has 0 saturated carbocycles. The first kappa shape index (κ1) is 10.9. The van der Waals surface area contributed by atoms with Crippen molar-refractivity contribution in [3.8, 4) is 0 Å². The van der Waals surface area contributed by atoms with Gasteiger partial charge in [0, 0.05) is 17.8 Å². The van der Waals surface area contributed by atoms with Gasteiger partial charge in [-0.05, 0) is 24.6 Å². The number of anilines is 1. The summed E-state index contributed by atoms with van der Waals surface area (Å²) < 4.78 is 13.3. The molecule has 0 radical (unpaired) electrons. The molecule has 3 N–H and O–H groups in total. The van der Waals surface area contributed by atoms with Crippen LogP contribution in [0.2, 0.25) is 0 Å². The quantitative estimate of drug-likeness (QED) is 0.752. The maximum atomic E-state index is 13.3. The molecule has 0 atom stereocenters. The number of hydrogen-bond acceptors (Lipinski definition) is 2. The molecule has 0 aromatic heterocycles. The van der Waals surface area contributed by atoms with Crippen LogP contribution in [-0.4, -0.2) is 11.5 Å². The van der Waals surface area contributed by atoms with Gasteiger partial charge in [0.15, 0.2) is 0 Å². The minimum absolute atomic E-state index is 0.0875. The molecule has 1 rings (SSSR count). The first-order valence-electron chi connectivity index (χ1n) is 4.48. The van der Waals surface area contributed by atoms with Crippen LogP contribution in [0, 0.1) is 5.82 Å². The number of benzene rings is 1. The molecule has 0 aliphatic carbocycles. The van der Waals surface area contributed by atoms with Gasteiger partial charge in [-0.1, -0.05) is 19.1 Å². The van der Waals surface area contributed by atoms with Crippen LogP contribution in [0.25, 0.3) is 0 Å². The lowest BCUT2D eigenvalue weighted by Gasteiger charge is -2.06. The van der Waals surface area contributed by atoms with Crippen molar-refractivity contribution in [2.45, 2.75) is 13.3 Å². The van der Waals surface area contributed by atoms with Crippen molar-refractivity contribution in [3.63, 3.8) is 0 Å². The molecule has 0 aliphatic rings. The Kier molecular flexibility index (Phi) is 3.83. The minimum Gasteiger partial charge on any atom is -0.389 e. The van der Waals surface area contributed by atoms with Crippen LogP contribution >= 0.6 is 12.2 Å². The van der Waals surface area contributed by atoms with E-state index in [9.17, 15) is 4.39 Å². The van der Waals surface area contributed by atoms with Crippen LogP contribution in [0.5, 0.6) is 0 Å². The molecule has 0 unspecified atom stereocenters. The summed E-state index contributed by atoms with van der Waals surface area (Å²) >= 11 is 4.70. The Morgan fingerprint density at radius 3 is 2.79 bits per heavy atom. The second-order valence-electron chi connectivity index (χ2n) is 2.99. The standard InChI is InChI=1S/C10H13FN2S/c1-2-5-13-7-3-4-8(10(12)14)9(11)6-7/h3-4,6,13H,2,5H2,1H3,(H2,12,14). The Balaban J connectivity index is 2.83. The third kappa shape index (κ3) is 2.67. The Morgan fingerprint density at radius 1 is 1.57 bits per heavy atom. The van der Waals surface area contributed by atoms with Gasteiger partial charge in [0.25, 0.3) is 0 Å². The zero-order valence-corrected chi connectivity index (χ0v) is 8.83. The Labute approximate surface area is 88.3 Å². The van der Waals surface area contributed by atoms with Crippen molar-refractivity contribution in [3.05, 3.63) is 29.6 Å². The average molecular weight is 212 g/mol. The Bertz CT molecular complexity index is 339. The predicted octanol–water partition coefficient (Wildman–Crippen LogP) is 2.28. The Morgan fingerprint density at radius 2 is 2.29 bits per heavy atom. The van der Waals surface area contributed by atoms with Gasteiger partial charge < -0.3 is 11.1 Å². The van der Waals surface area contributed by atoms with Gasteiger partial charge in [0.1, 0.15) is 10.8 Å². The molecule has 14 heavy (non-hydrogen) atoms. The summed E-state index contributed by atoms with van der Waals surface area (Å²) in [6.07, 6.45) is 0.999. The van der Waals surface area contributed by atoms with Crippen LogP contribution in [0.4, 0.5) is 10.1 Å². The lowest BCUT2D eigenvalue weighted by atomic mass is 10.2. The van der Waals surface area contributed by atoms with E-state index >= 15 is 0 Å². The molecule has 2 nitrogen and oxygen atoms in total. The van der Waals surface area contributed by atoms with E-state index < -0.39 is 0 Å². The molecule has 0 fully saturated rings. The van der Waals surface area contributed by atoms with Gasteiger partial charge in [-0.25, -0.2) is 4.39 Å². The number of halogens is 1. The first-order chi connectivity index (χ1) is 6.65. The molecular weight excluding hydrogens is 199 g/mol. The molecule has 76 valence electrons. The van der Waals surface area contributed by atoms with Crippen LogP contribution in [0.3, 0.4) is 0 Å². The highest BCUT2D eigenvalue weighted by Gasteiger charge is 2.04. The van der Waals surface area contributed by atoms with Crippen LogP contribution in [0.15, 0.2) is 18.2 Å². The van der Waals surface area contributed by atoms with E-state index in [1.807, 2.05) is 6.92 Å². The summed E-state index contributed by atoms with van der Waals surface area (Å²) in [6, 6.07) is 4.77. The molecular formula is C10H13FN2S. The highest BCUT2D eigenvalue weighted by Crippen LogP contribution is 2.14. The monoisotopic (exact) mass is 212 g/mol. The van der Waals surface area contributed by atoms with Crippen molar-refractivity contribution in [1.82, 2.24) is 0 Å². The van der Waals surface area contributed by atoms with Crippen LogP contribution in [0.1, 0.15) is 18.9 Å². The number of nitrogens with one attached hydrogen (secondary N) is 1. The lowest BCUT2D eigenvalue weighted by Crippen LogP contribution is -2.12. The largest absolute Gasteiger partial charge is 0.389 e. The van der Waals surface area contributed by atoms with Gasteiger partial charge in [-0.15, -0.1) is 0 Å². The number of hydrogen-bond donors (Lipinski definition) is 2. The molecule has 4 heteroatoms. The molecule has 0 aliphatic heterocycles. The molecule has 1 aromatic carbocycles. The molecule has 0 heterocycles. The van der Waals surface area contributed by atoms with E-state index in [4.69, 9.17) is 18.0 Å². The second kappa shape index (κ2) is 4.91. The van der Waals surface area contributed by atoms with Gasteiger partial charge >= 0.3 is 0 Å². The van der Waals surface area contributed by atoms with E-state index in [1.165, 1.54) is 6.07 Å². The number of nitrogens with two attached hydrogens (primary N) is 1. The smallest absolute Gasteiger partial charge is 0.135 e. The SMILES string of the molecule is CCCNc1ccc(C(N)=S)c(F)c1. The molecule has 0 saturated heterocycles. The topological polar surface area (TPSA) is 38.0 Å². The fourth-order valence-electron chi connectivity index (χ4n) is 1.09. The summed E-state index contributed by atoms with van der Waals surface area (Å²) in [5.74, 6) is -0.376. The molecule has 0 bridgehead atoms. The van der Waals surface area contributed by atoms with E-state index in [1.54, 1.807) is 12.1 Å². The van der Waals surface area contributed by atoms with Gasteiger partial charge in [-0.3, -0.25) is 0 Å². The fraction of sp³-hybridized carbons (Fsp3) is 0.300. The Hall–Kier alpha value is -1.16. The van der Waals surface area contributed by atoms with Gasteiger partial charge in [-0.2, -0.15) is 0 Å². The highest BCUT2D eigenvalue weighted by molar-refractivity contribution is 7.80. The lowest BCUT2D eigenvalue weighted by molar-refractivity contribution is 0.626. The average Bonchev–Trinajstić information content (AvgIpc) is 2.14. The van der Waals surface area contributed by atoms with Crippen LogP contribution in [-0.2, 0) is 0 Å². The van der Waals surface area contributed by atoms with E-state index in [2.05, 4.69) is 5.32 Å². The summed E-state index contributed by atoms with van der Waals surface area (Å²) in [5.41, 5.74) is 6.38. The number of thiocarbonyl (C=S) groups is 1. The molecule has 0 spiro atoms. The molecule has 0 amide bonds. The van der Waals surface area contributed by atoms with Crippen molar-refractivity contribution in [2.75, 3.05) is 11.9 Å². The zero-order chi connectivity index (χ0) is 10.6. The zero-order valence-electron chi connectivity index (χ0n) is 8.01. The number of rotatable bonds is 4.